The van der Waals surface area contributed by atoms with Gasteiger partial charge in [0.2, 0.25) is 5.91 Å². The van der Waals surface area contributed by atoms with Gasteiger partial charge in [0, 0.05) is 0 Å². The zero-order valence-corrected chi connectivity index (χ0v) is 17.9. The van der Waals surface area contributed by atoms with Gasteiger partial charge < -0.3 is 10.1 Å². The number of carbonyl (C=O) groups excluding carboxylic acids is 1. The standard InChI is InChI=1S/C19H27BrF5NO2/c1-5-15-14(9-20)7-6-8-17(15,4)12(2)13(3)28-10-16(27)26-11-18(21,22)19(23,24)25/h9,13,15H,2,5-8,10-11H2,1,3-4H3,(H,26,27)/b14-9+/t13-,15?,17?/m0/s1. The number of halogens is 6. The summed E-state index contributed by atoms with van der Waals surface area (Å²) in [5, 5.41) is 1.57. The molecule has 162 valence electrons. The van der Waals surface area contributed by atoms with E-state index in [4.69, 9.17) is 4.74 Å². The van der Waals surface area contributed by atoms with Gasteiger partial charge in [-0.3, -0.25) is 4.79 Å². The highest BCUT2D eigenvalue weighted by molar-refractivity contribution is 9.11. The van der Waals surface area contributed by atoms with Crippen LogP contribution in [-0.4, -0.2) is 37.3 Å². The number of nitrogens with one attached hydrogen (secondary N) is 1. The molecule has 1 N–H and O–H groups in total. The molecule has 1 saturated carbocycles. The van der Waals surface area contributed by atoms with Crippen LogP contribution < -0.4 is 5.32 Å². The minimum atomic E-state index is -5.71. The summed E-state index contributed by atoms with van der Waals surface area (Å²) in [6, 6.07) is 0. The quantitative estimate of drug-likeness (QED) is 0.358. The molecule has 1 amide bonds. The molecule has 9 heteroatoms. The molecule has 1 fully saturated rings. The third-order valence-electron chi connectivity index (χ3n) is 5.54. The number of ether oxygens (including phenoxy) is 1. The van der Waals surface area contributed by atoms with Crippen LogP contribution in [0.1, 0.15) is 46.5 Å². The number of alkyl halides is 5. The van der Waals surface area contributed by atoms with Crippen molar-refractivity contribution in [3.63, 3.8) is 0 Å². The lowest BCUT2D eigenvalue weighted by molar-refractivity contribution is -0.278. The van der Waals surface area contributed by atoms with Gasteiger partial charge in [0.25, 0.3) is 0 Å². The second-order valence-corrected chi connectivity index (χ2v) is 7.83. The number of amides is 1. The van der Waals surface area contributed by atoms with Crippen LogP contribution in [0.25, 0.3) is 0 Å². The maximum atomic E-state index is 12.9. The van der Waals surface area contributed by atoms with Gasteiger partial charge in [-0.25, -0.2) is 0 Å². The molecule has 3 atom stereocenters. The Hall–Kier alpha value is -0.960. The second-order valence-electron chi connectivity index (χ2n) is 7.37. The van der Waals surface area contributed by atoms with Crippen LogP contribution in [0.2, 0.25) is 0 Å². The molecular weight excluding hydrogens is 449 g/mol. The van der Waals surface area contributed by atoms with Gasteiger partial charge in [-0.1, -0.05) is 41.9 Å². The van der Waals surface area contributed by atoms with Crippen molar-refractivity contribution in [2.24, 2.45) is 11.3 Å². The van der Waals surface area contributed by atoms with Crippen LogP contribution in [0.15, 0.2) is 22.7 Å². The first kappa shape index (κ1) is 25.1. The number of hydrogen-bond donors (Lipinski definition) is 1. The van der Waals surface area contributed by atoms with Gasteiger partial charge in [-0.05, 0) is 54.5 Å². The van der Waals surface area contributed by atoms with Crippen LogP contribution in [0.4, 0.5) is 22.0 Å². The van der Waals surface area contributed by atoms with Crippen molar-refractivity contribution in [2.45, 2.75) is 64.7 Å². The van der Waals surface area contributed by atoms with Crippen molar-refractivity contribution < 1.29 is 31.5 Å². The third kappa shape index (κ3) is 5.78. The molecule has 0 aromatic carbocycles. The minimum absolute atomic E-state index is 0.249. The first-order chi connectivity index (χ1) is 12.8. The monoisotopic (exact) mass is 475 g/mol. The van der Waals surface area contributed by atoms with Crippen molar-refractivity contribution in [3.8, 4) is 0 Å². The Labute approximate surface area is 170 Å². The average Bonchev–Trinajstić information content (AvgIpc) is 2.62. The minimum Gasteiger partial charge on any atom is -0.364 e. The summed E-state index contributed by atoms with van der Waals surface area (Å²) in [6.45, 7) is 7.57. The van der Waals surface area contributed by atoms with Gasteiger partial charge in [-0.2, -0.15) is 22.0 Å². The molecule has 0 aliphatic heterocycles. The fourth-order valence-electron chi connectivity index (χ4n) is 3.77. The number of allylic oxidation sites excluding steroid dienone is 1. The number of hydrogen-bond acceptors (Lipinski definition) is 2. The number of carbonyl (C=O) groups is 1. The molecule has 0 saturated heterocycles. The predicted octanol–water partition coefficient (Wildman–Crippen LogP) is 5.76. The summed E-state index contributed by atoms with van der Waals surface area (Å²) >= 11 is 3.41. The van der Waals surface area contributed by atoms with Crippen LogP contribution in [0, 0.1) is 11.3 Å². The van der Waals surface area contributed by atoms with E-state index in [0.29, 0.717) is 0 Å². The van der Waals surface area contributed by atoms with E-state index in [9.17, 15) is 26.7 Å². The molecule has 0 spiro atoms. The third-order valence-corrected chi connectivity index (χ3v) is 6.13. The number of rotatable bonds is 8. The van der Waals surface area contributed by atoms with E-state index in [1.54, 1.807) is 12.2 Å². The molecule has 3 nitrogen and oxygen atoms in total. The summed E-state index contributed by atoms with van der Waals surface area (Å²) in [6.07, 6.45) is -2.52. The van der Waals surface area contributed by atoms with Gasteiger partial charge >= 0.3 is 12.1 Å². The van der Waals surface area contributed by atoms with Crippen LogP contribution in [-0.2, 0) is 9.53 Å². The normalized spacial score (nSPS) is 26.2. The molecule has 0 bridgehead atoms. The molecule has 28 heavy (non-hydrogen) atoms. The Kier molecular flexibility index (Phi) is 8.68. The summed E-state index contributed by atoms with van der Waals surface area (Å²) in [5.41, 5.74) is 1.79. The van der Waals surface area contributed by atoms with Gasteiger partial charge in [0.15, 0.2) is 0 Å². The lowest BCUT2D eigenvalue weighted by atomic mass is 9.60. The molecule has 2 unspecified atom stereocenters. The SMILES string of the molecule is C=C([C@H](C)OCC(=O)NCC(F)(F)C(F)(F)F)C1(C)CCC/C(=C\Br)C1CC. The zero-order valence-electron chi connectivity index (χ0n) is 16.3. The fraction of sp³-hybridized carbons (Fsp3) is 0.737. The zero-order chi connectivity index (χ0) is 21.8. The van der Waals surface area contributed by atoms with Crippen LogP contribution >= 0.6 is 15.9 Å². The lowest BCUT2D eigenvalue weighted by Gasteiger charge is -2.45. The molecular formula is C19H27BrF5NO2. The van der Waals surface area contributed by atoms with Crippen LogP contribution in [0.5, 0.6) is 0 Å². The molecule has 0 aromatic rings. The van der Waals surface area contributed by atoms with Crippen molar-refractivity contribution >= 4 is 21.8 Å². The van der Waals surface area contributed by atoms with E-state index in [-0.39, 0.29) is 11.3 Å². The average molecular weight is 476 g/mol. The summed E-state index contributed by atoms with van der Waals surface area (Å²) in [5.74, 6) is -5.77. The Morgan fingerprint density at radius 3 is 2.54 bits per heavy atom. The first-order valence-corrected chi connectivity index (χ1v) is 10.0. The Morgan fingerprint density at radius 1 is 1.43 bits per heavy atom. The largest absolute Gasteiger partial charge is 0.455 e. The summed E-state index contributed by atoms with van der Waals surface area (Å²) in [4.78, 5) is 13.6. The van der Waals surface area contributed by atoms with Gasteiger partial charge in [0.1, 0.15) is 6.61 Å². The van der Waals surface area contributed by atoms with Crippen molar-refractivity contribution in [1.29, 1.82) is 0 Å². The highest BCUT2D eigenvalue weighted by atomic mass is 79.9. The highest BCUT2D eigenvalue weighted by Crippen LogP contribution is 2.51. The molecule has 0 aromatic heterocycles. The lowest BCUT2D eigenvalue weighted by Crippen LogP contribution is -2.47. The van der Waals surface area contributed by atoms with Crippen molar-refractivity contribution in [3.05, 3.63) is 22.7 Å². The van der Waals surface area contributed by atoms with E-state index >= 15 is 0 Å². The van der Waals surface area contributed by atoms with E-state index < -0.39 is 37.3 Å². The molecule has 1 aliphatic rings. The molecule has 1 aliphatic carbocycles. The maximum absolute atomic E-state index is 12.9. The van der Waals surface area contributed by atoms with E-state index in [1.807, 2.05) is 4.99 Å². The van der Waals surface area contributed by atoms with Gasteiger partial charge in [0.05, 0.1) is 12.6 Å². The second kappa shape index (κ2) is 9.69. The van der Waals surface area contributed by atoms with E-state index in [0.717, 1.165) is 31.3 Å². The molecule has 1 rings (SSSR count). The van der Waals surface area contributed by atoms with E-state index in [1.165, 1.54) is 5.57 Å². The topological polar surface area (TPSA) is 38.3 Å². The predicted molar refractivity (Wildman–Crippen MR) is 101 cm³/mol. The Bertz CT molecular complexity index is 606. The van der Waals surface area contributed by atoms with Crippen molar-refractivity contribution in [2.75, 3.05) is 13.2 Å². The first-order valence-electron chi connectivity index (χ1n) is 9.11. The Balaban J connectivity index is 2.66. The summed E-state index contributed by atoms with van der Waals surface area (Å²) < 4.78 is 67.5. The highest BCUT2D eigenvalue weighted by Gasteiger charge is 2.57. The fourth-order valence-corrected chi connectivity index (χ4v) is 4.32. The smallest absolute Gasteiger partial charge is 0.364 e. The molecule has 0 radical (unpaired) electrons. The maximum Gasteiger partial charge on any atom is 0.455 e. The van der Waals surface area contributed by atoms with Gasteiger partial charge in [-0.15, -0.1) is 0 Å². The van der Waals surface area contributed by atoms with Crippen LogP contribution in [0.3, 0.4) is 0 Å². The molecule has 0 heterocycles. The van der Waals surface area contributed by atoms with Crippen molar-refractivity contribution in [1.82, 2.24) is 5.32 Å². The summed E-state index contributed by atoms with van der Waals surface area (Å²) in [7, 11) is 0. The van der Waals surface area contributed by atoms with E-state index in [2.05, 4.69) is 36.4 Å². The Morgan fingerprint density at radius 2 is 2.04 bits per heavy atom.